The third-order valence-electron chi connectivity index (χ3n) is 11.2. The number of nitrogens with zero attached hydrogens (tertiary/aromatic N) is 1. The molecule has 7 rings (SSSR count). The van der Waals surface area contributed by atoms with Crippen molar-refractivity contribution in [1.29, 1.82) is 0 Å². The van der Waals surface area contributed by atoms with Gasteiger partial charge in [0.15, 0.2) is 0 Å². The number of anilines is 1. The number of fused-ring (bicyclic) bond motifs is 1. The molecule has 1 heterocycles. The van der Waals surface area contributed by atoms with Gasteiger partial charge >= 0.3 is 5.97 Å². The normalized spacial score (nSPS) is 44.1. The van der Waals surface area contributed by atoms with Gasteiger partial charge in [0.25, 0.3) is 0 Å². The average Bonchev–Trinajstić information content (AvgIpc) is 3.11. The Kier molecular flexibility index (Phi) is 4.80. The highest BCUT2D eigenvalue weighted by Gasteiger charge is 2.73. The molecule has 186 valence electrons. The molecule has 3 saturated carbocycles. The van der Waals surface area contributed by atoms with Gasteiger partial charge in [-0.3, -0.25) is 19.3 Å². The molecule has 1 spiro atoms. The highest BCUT2D eigenvalue weighted by atomic mass is 16.4. The minimum Gasteiger partial charge on any atom is -0.481 e. The van der Waals surface area contributed by atoms with Crippen molar-refractivity contribution in [2.45, 2.75) is 66.2 Å². The minimum atomic E-state index is -0.721. The van der Waals surface area contributed by atoms with Gasteiger partial charge < -0.3 is 5.11 Å². The molecule has 5 nitrogen and oxygen atoms in total. The van der Waals surface area contributed by atoms with Gasteiger partial charge in [0.2, 0.25) is 11.8 Å². The topological polar surface area (TPSA) is 74.7 Å². The average molecular weight is 476 g/mol. The number of aliphatic carboxylic acids is 1. The molecule has 0 aromatic heterocycles. The van der Waals surface area contributed by atoms with E-state index >= 15 is 0 Å². The van der Waals surface area contributed by atoms with Gasteiger partial charge in [-0.2, -0.15) is 0 Å². The van der Waals surface area contributed by atoms with E-state index in [0.29, 0.717) is 11.6 Å². The Hall–Kier alpha value is -2.43. The second-order valence-electron chi connectivity index (χ2n) is 12.8. The maximum absolute atomic E-state index is 14.1. The van der Waals surface area contributed by atoms with Crippen molar-refractivity contribution in [3.63, 3.8) is 0 Å². The summed E-state index contributed by atoms with van der Waals surface area (Å²) >= 11 is 0. The van der Waals surface area contributed by atoms with E-state index in [9.17, 15) is 19.5 Å². The molecule has 0 unspecified atom stereocenters. The molecule has 1 aliphatic heterocycles. The van der Waals surface area contributed by atoms with Crippen LogP contribution < -0.4 is 4.90 Å². The predicted molar refractivity (Wildman–Crippen MR) is 133 cm³/mol. The van der Waals surface area contributed by atoms with E-state index in [1.54, 1.807) is 0 Å². The minimum absolute atomic E-state index is 0.0356. The summed E-state index contributed by atoms with van der Waals surface area (Å²) in [6, 6.07) is 9.39. The van der Waals surface area contributed by atoms with Gasteiger partial charge in [-0.05, 0) is 80.2 Å². The number of hydrogen-bond acceptors (Lipinski definition) is 3. The van der Waals surface area contributed by atoms with Gasteiger partial charge in [0, 0.05) is 5.41 Å². The molecule has 4 fully saturated rings. The Balaban J connectivity index is 1.50. The standard InChI is InChI=1S/C30H37NO4/c1-17(2)20-16-30-14-11-21-28(3,12-8-13-29(21,4)27(34)35)22(30)15-19(20)23-24(30)26(33)31(25(23)32)18-9-6-5-7-10-18/h5-7,9-10,16-17,19,21-24H,8,11-15H2,1-4H3,(H,34,35)/t19-,21+,22-,23+,24-,28-,29+,30+/m0/s1. The maximum atomic E-state index is 14.1. The smallest absolute Gasteiger partial charge is 0.309 e. The number of amides is 2. The Labute approximate surface area is 208 Å². The van der Waals surface area contributed by atoms with E-state index in [0.717, 1.165) is 38.5 Å². The molecule has 0 radical (unpaired) electrons. The van der Waals surface area contributed by atoms with E-state index < -0.39 is 11.4 Å². The number of rotatable bonds is 3. The molecule has 6 aliphatic rings. The second-order valence-corrected chi connectivity index (χ2v) is 12.8. The first kappa shape index (κ1) is 23.0. The number of carboxylic acids is 1. The van der Waals surface area contributed by atoms with Crippen molar-refractivity contribution in [2.24, 2.45) is 51.8 Å². The molecule has 1 aromatic carbocycles. The molecule has 1 saturated heterocycles. The molecule has 8 atom stereocenters. The highest BCUT2D eigenvalue weighted by Crippen LogP contribution is 2.74. The lowest BCUT2D eigenvalue weighted by Crippen LogP contribution is -2.65. The molecular weight excluding hydrogens is 438 g/mol. The molecule has 2 amide bonds. The Morgan fingerprint density at radius 3 is 2.40 bits per heavy atom. The number of para-hydroxylation sites is 1. The van der Waals surface area contributed by atoms with E-state index in [1.165, 1.54) is 10.5 Å². The first-order valence-corrected chi connectivity index (χ1v) is 13.4. The quantitative estimate of drug-likeness (QED) is 0.449. The van der Waals surface area contributed by atoms with Crippen LogP contribution in [0.15, 0.2) is 42.0 Å². The summed E-state index contributed by atoms with van der Waals surface area (Å²) < 4.78 is 0. The molecular formula is C30H37NO4. The number of hydrogen-bond donors (Lipinski definition) is 1. The fourth-order valence-electron chi connectivity index (χ4n) is 9.79. The van der Waals surface area contributed by atoms with Gasteiger partial charge in [0.1, 0.15) is 0 Å². The monoisotopic (exact) mass is 475 g/mol. The van der Waals surface area contributed by atoms with Crippen LogP contribution >= 0.6 is 0 Å². The fraction of sp³-hybridized carbons (Fsp3) is 0.633. The number of imide groups is 1. The van der Waals surface area contributed by atoms with Crippen LogP contribution in [0, 0.1) is 51.8 Å². The van der Waals surface area contributed by atoms with Crippen LogP contribution in [0.3, 0.4) is 0 Å². The third-order valence-corrected chi connectivity index (χ3v) is 11.2. The summed E-state index contributed by atoms with van der Waals surface area (Å²) in [5.41, 5.74) is 0.789. The second kappa shape index (κ2) is 7.30. The number of carboxylic acid groups (broad SMARTS) is 1. The Bertz CT molecular complexity index is 1140. The summed E-state index contributed by atoms with van der Waals surface area (Å²) in [4.78, 5) is 42.0. The summed E-state index contributed by atoms with van der Waals surface area (Å²) in [5, 5.41) is 10.3. The van der Waals surface area contributed by atoms with Crippen molar-refractivity contribution in [1.82, 2.24) is 0 Å². The first-order valence-electron chi connectivity index (χ1n) is 13.4. The largest absolute Gasteiger partial charge is 0.481 e. The van der Waals surface area contributed by atoms with E-state index in [4.69, 9.17) is 0 Å². The van der Waals surface area contributed by atoms with Crippen LogP contribution in [-0.4, -0.2) is 22.9 Å². The van der Waals surface area contributed by atoms with Gasteiger partial charge in [0.05, 0.1) is 22.9 Å². The van der Waals surface area contributed by atoms with Crippen molar-refractivity contribution >= 4 is 23.5 Å². The van der Waals surface area contributed by atoms with E-state index in [2.05, 4.69) is 26.8 Å². The number of carbonyl (C=O) groups excluding carboxylic acids is 2. The van der Waals surface area contributed by atoms with Crippen molar-refractivity contribution in [3.8, 4) is 0 Å². The zero-order valence-corrected chi connectivity index (χ0v) is 21.3. The summed E-state index contributed by atoms with van der Waals surface area (Å²) in [7, 11) is 0. The van der Waals surface area contributed by atoms with Crippen LogP contribution in [0.5, 0.6) is 0 Å². The third kappa shape index (κ3) is 2.73. The zero-order chi connectivity index (χ0) is 24.9. The number of allylic oxidation sites excluding steroid dienone is 2. The van der Waals surface area contributed by atoms with Crippen LogP contribution in [-0.2, 0) is 14.4 Å². The van der Waals surface area contributed by atoms with Gasteiger partial charge in [-0.15, -0.1) is 0 Å². The van der Waals surface area contributed by atoms with E-state index in [-0.39, 0.29) is 52.2 Å². The van der Waals surface area contributed by atoms with E-state index in [1.807, 2.05) is 37.3 Å². The molecule has 5 heteroatoms. The highest BCUT2D eigenvalue weighted by molar-refractivity contribution is 6.22. The van der Waals surface area contributed by atoms with Crippen LogP contribution in [0.25, 0.3) is 0 Å². The maximum Gasteiger partial charge on any atom is 0.309 e. The molecule has 1 N–H and O–H groups in total. The first-order chi connectivity index (χ1) is 16.6. The van der Waals surface area contributed by atoms with Crippen molar-refractivity contribution < 1.29 is 19.5 Å². The molecule has 1 aromatic rings. The SMILES string of the molecule is CC(C)C1=C[C@]23CC[C@@H]4[C@](C)(CCC[C@@]4(C)C(=O)O)[C@@H]2C[C@@H]1[C@H]1C(=O)N(c2ccccc2)C(=O)[C@H]13. The van der Waals surface area contributed by atoms with Crippen LogP contribution in [0.1, 0.15) is 66.2 Å². The van der Waals surface area contributed by atoms with Crippen molar-refractivity contribution in [3.05, 3.63) is 42.0 Å². The Morgan fingerprint density at radius 2 is 1.74 bits per heavy atom. The molecule has 2 bridgehead atoms. The molecule has 5 aliphatic carbocycles. The van der Waals surface area contributed by atoms with Crippen LogP contribution in [0.2, 0.25) is 0 Å². The lowest BCUT2D eigenvalue weighted by atomic mass is 9.34. The van der Waals surface area contributed by atoms with Gasteiger partial charge in [-0.25, -0.2) is 0 Å². The molecule has 35 heavy (non-hydrogen) atoms. The fourth-order valence-corrected chi connectivity index (χ4v) is 9.79. The zero-order valence-electron chi connectivity index (χ0n) is 21.3. The lowest BCUT2D eigenvalue weighted by molar-refractivity contribution is -0.194. The lowest BCUT2D eigenvalue weighted by Gasteiger charge is -2.68. The summed E-state index contributed by atoms with van der Waals surface area (Å²) in [6.07, 6.45) is 7.58. The predicted octanol–water partition coefficient (Wildman–Crippen LogP) is 5.70. The Morgan fingerprint density at radius 1 is 1.03 bits per heavy atom. The number of benzene rings is 1. The van der Waals surface area contributed by atoms with Crippen molar-refractivity contribution in [2.75, 3.05) is 4.90 Å². The number of carbonyl (C=O) groups is 3. The van der Waals surface area contributed by atoms with Gasteiger partial charge in [-0.1, -0.05) is 57.0 Å². The summed E-state index contributed by atoms with van der Waals surface area (Å²) in [6.45, 7) is 8.69. The van der Waals surface area contributed by atoms with Crippen LogP contribution in [0.4, 0.5) is 5.69 Å². The summed E-state index contributed by atoms with van der Waals surface area (Å²) in [5.74, 6) is -0.668.